The van der Waals surface area contributed by atoms with Crippen molar-refractivity contribution in [2.24, 2.45) is 5.10 Å². The maximum Gasteiger partial charge on any atom is 0.355 e. The van der Waals surface area contributed by atoms with E-state index in [1.165, 1.54) is 17.6 Å². The van der Waals surface area contributed by atoms with Crippen LogP contribution in [-0.4, -0.2) is 24.2 Å². The molecule has 206 valence electrons. The van der Waals surface area contributed by atoms with Crippen LogP contribution >= 0.6 is 22.9 Å². The Balaban J connectivity index is 1.11. The molecule has 1 unspecified atom stereocenters. The molecule has 1 amide bonds. The number of hydrazone groups is 1. The Morgan fingerprint density at radius 3 is 2.41 bits per heavy atom. The van der Waals surface area contributed by atoms with Gasteiger partial charge in [-0.05, 0) is 60.5 Å². The van der Waals surface area contributed by atoms with Gasteiger partial charge in [0.2, 0.25) is 0 Å². The van der Waals surface area contributed by atoms with E-state index in [-0.39, 0.29) is 0 Å². The van der Waals surface area contributed by atoms with Gasteiger partial charge in [0, 0.05) is 10.1 Å². The maximum atomic E-state index is 12.7. The molecule has 5 aromatic rings. The molecule has 41 heavy (non-hydrogen) atoms. The van der Waals surface area contributed by atoms with Crippen molar-refractivity contribution in [2.45, 2.75) is 19.6 Å². The standard InChI is InChI=1S/C32H25ClN2O5S/c1-21(39-25-16-14-24(15-17-25)38-20-22-8-3-2-4-9-22)31(36)35-34-19-23-10-7-11-26(18-23)40-32(37)30-29(33)27-12-5-6-13-28(27)41-30/h2-19,21H,20H2,1H3,(H,35,36). The van der Waals surface area contributed by atoms with Crippen LogP contribution in [0, 0.1) is 0 Å². The molecule has 0 saturated heterocycles. The first-order valence-corrected chi connectivity index (χ1v) is 13.9. The van der Waals surface area contributed by atoms with Gasteiger partial charge in [-0.2, -0.15) is 5.10 Å². The van der Waals surface area contributed by atoms with Crippen molar-refractivity contribution in [2.75, 3.05) is 0 Å². The molecular weight excluding hydrogens is 560 g/mol. The highest BCUT2D eigenvalue weighted by atomic mass is 35.5. The number of thiophene rings is 1. The van der Waals surface area contributed by atoms with E-state index in [2.05, 4.69) is 10.5 Å². The molecule has 1 aromatic heterocycles. The highest BCUT2D eigenvalue weighted by Gasteiger charge is 2.19. The molecule has 7 nitrogen and oxygen atoms in total. The Hall–Kier alpha value is -4.66. The van der Waals surface area contributed by atoms with Crippen molar-refractivity contribution >= 4 is 51.1 Å². The topological polar surface area (TPSA) is 86.2 Å². The number of carbonyl (C=O) groups excluding carboxylic acids is 2. The smallest absolute Gasteiger partial charge is 0.355 e. The number of hydrogen-bond donors (Lipinski definition) is 1. The minimum absolute atomic E-state index is 0.326. The molecule has 0 aliphatic rings. The van der Waals surface area contributed by atoms with Crippen LogP contribution in [-0.2, 0) is 11.4 Å². The number of nitrogens with zero attached hydrogens (tertiary/aromatic N) is 1. The number of benzene rings is 4. The molecule has 0 bridgehead atoms. The average molecular weight is 585 g/mol. The second kappa shape index (κ2) is 13.1. The third-order valence-electron chi connectivity index (χ3n) is 5.93. The summed E-state index contributed by atoms with van der Waals surface area (Å²) in [6.07, 6.45) is 0.661. The van der Waals surface area contributed by atoms with Gasteiger partial charge >= 0.3 is 5.97 Å². The second-order valence-electron chi connectivity index (χ2n) is 8.94. The van der Waals surface area contributed by atoms with E-state index in [0.717, 1.165) is 15.6 Å². The average Bonchev–Trinajstić information content (AvgIpc) is 3.34. The molecule has 5 rings (SSSR count). The Morgan fingerprint density at radius 2 is 1.63 bits per heavy atom. The van der Waals surface area contributed by atoms with Crippen molar-refractivity contribution in [1.29, 1.82) is 0 Å². The SMILES string of the molecule is CC(Oc1ccc(OCc2ccccc2)cc1)C(=O)NN=Cc1cccc(OC(=O)c2sc3ccccc3c2Cl)c1. The molecule has 1 heterocycles. The lowest BCUT2D eigenvalue weighted by Crippen LogP contribution is -2.33. The summed E-state index contributed by atoms with van der Waals surface area (Å²) in [4.78, 5) is 25.6. The Morgan fingerprint density at radius 1 is 0.902 bits per heavy atom. The summed E-state index contributed by atoms with van der Waals surface area (Å²) in [7, 11) is 0. The first kappa shape index (κ1) is 27.9. The fourth-order valence-electron chi connectivity index (χ4n) is 3.83. The predicted octanol–water partition coefficient (Wildman–Crippen LogP) is 7.27. The molecule has 1 atom stereocenters. The van der Waals surface area contributed by atoms with E-state index < -0.39 is 18.0 Å². The second-order valence-corrected chi connectivity index (χ2v) is 10.4. The van der Waals surface area contributed by atoms with Crippen molar-refractivity contribution in [3.8, 4) is 17.2 Å². The quantitative estimate of drug-likeness (QED) is 0.0807. The Labute approximate surface area is 245 Å². The highest BCUT2D eigenvalue weighted by Crippen LogP contribution is 2.35. The minimum Gasteiger partial charge on any atom is -0.489 e. The zero-order chi connectivity index (χ0) is 28.6. The molecule has 0 fully saturated rings. The molecule has 0 radical (unpaired) electrons. The number of ether oxygens (including phenoxy) is 3. The van der Waals surface area contributed by atoms with Gasteiger partial charge in [0.15, 0.2) is 6.10 Å². The van der Waals surface area contributed by atoms with Gasteiger partial charge < -0.3 is 14.2 Å². The number of fused-ring (bicyclic) bond motifs is 1. The molecule has 0 spiro atoms. The highest BCUT2D eigenvalue weighted by molar-refractivity contribution is 7.21. The summed E-state index contributed by atoms with van der Waals surface area (Å²) in [6.45, 7) is 2.09. The van der Waals surface area contributed by atoms with E-state index >= 15 is 0 Å². The number of rotatable bonds is 10. The zero-order valence-corrected chi connectivity index (χ0v) is 23.5. The maximum absolute atomic E-state index is 12.7. The van der Waals surface area contributed by atoms with Crippen molar-refractivity contribution in [3.63, 3.8) is 0 Å². The van der Waals surface area contributed by atoms with E-state index in [1.54, 1.807) is 55.5 Å². The fourth-order valence-corrected chi connectivity index (χ4v) is 5.22. The Bertz CT molecular complexity index is 1690. The minimum atomic E-state index is -0.790. The van der Waals surface area contributed by atoms with Crippen molar-refractivity contribution < 1.29 is 23.8 Å². The van der Waals surface area contributed by atoms with Crippen LogP contribution in [0.3, 0.4) is 0 Å². The van der Waals surface area contributed by atoms with Crippen LogP contribution < -0.4 is 19.6 Å². The van der Waals surface area contributed by atoms with Crippen LogP contribution in [0.5, 0.6) is 17.2 Å². The van der Waals surface area contributed by atoms with Crippen LogP contribution in [0.4, 0.5) is 0 Å². The molecular formula is C32H25ClN2O5S. The van der Waals surface area contributed by atoms with Gasteiger partial charge in [-0.1, -0.05) is 72.3 Å². The van der Waals surface area contributed by atoms with Crippen LogP contribution in [0.15, 0.2) is 108 Å². The van der Waals surface area contributed by atoms with Gasteiger partial charge in [-0.15, -0.1) is 11.3 Å². The number of hydrogen-bond acceptors (Lipinski definition) is 7. The molecule has 0 saturated carbocycles. The summed E-state index contributed by atoms with van der Waals surface area (Å²) < 4.78 is 17.9. The van der Waals surface area contributed by atoms with Gasteiger partial charge in [0.05, 0.1) is 11.2 Å². The summed E-state index contributed by atoms with van der Waals surface area (Å²) >= 11 is 7.68. The number of carbonyl (C=O) groups is 2. The van der Waals surface area contributed by atoms with E-state index in [0.29, 0.717) is 39.3 Å². The summed E-state index contributed by atoms with van der Waals surface area (Å²) in [5, 5.41) is 5.19. The number of halogens is 1. The van der Waals surface area contributed by atoms with Gasteiger partial charge in [-0.25, -0.2) is 10.2 Å². The molecule has 4 aromatic carbocycles. The number of esters is 1. The van der Waals surface area contributed by atoms with Crippen molar-refractivity contribution in [3.05, 3.63) is 124 Å². The molecule has 1 N–H and O–H groups in total. The van der Waals surface area contributed by atoms with Gasteiger partial charge in [0.25, 0.3) is 5.91 Å². The van der Waals surface area contributed by atoms with Crippen molar-refractivity contribution in [1.82, 2.24) is 5.43 Å². The lowest BCUT2D eigenvalue weighted by Gasteiger charge is -2.13. The largest absolute Gasteiger partial charge is 0.489 e. The lowest BCUT2D eigenvalue weighted by atomic mass is 10.2. The van der Waals surface area contributed by atoms with Crippen LogP contribution in [0.25, 0.3) is 10.1 Å². The first-order valence-electron chi connectivity index (χ1n) is 12.7. The predicted molar refractivity (Wildman–Crippen MR) is 161 cm³/mol. The molecule has 9 heteroatoms. The summed E-state index contributed by atoms with van der Waals surface area (Å²) in [5.74, 6) is 0.583. The van der Waals surface area contributed by atoms with Gasteiger partial charge in [0.1, 0.15) is 28.7 Å². The number of amides is 1. The monoisotopic (exact) mass is 584 g/mol. The third kappa shape index (κ3) is 7.30. The summed E-state index contributed by atoms with van der Waals surface area (Å²) in [5.41, 5.74) is 4.16. The lowest BCUT2D eigenvalue weighted by molar-refractivity contribution is -0.127. The first-order chi connectivity index (χ1) is 20.0. The molecule has 0 aliphatic heterocycles. The van der Waals surface area contributed by atoms with Crippen LogP contribution in [0.1, 0.15) is 27.7 Å². The van der Waals surface area contributed by atoms with E-state index in [1.807, 2.05) is 54.6 Å². The normalized spacial score (nSPS) is 11.8. The summed E-state index contributed by atoms with van der Waals surface area (Å²) in [6, 6.07) is 31.2. The third-order valence-corrected chi connectivity index (χ3v) is 7.59. The zero-order valence-electron chi connectivity index (χ0n) is 22.0. The fraction of sp³-hybridized carbons (Fsp3) is 0.0938. The van der Waals surface area contributed by atoms with E-state index in [9.17, 15) is 9.59 Å². The van der Waals surface area contributed by atoms with Crippen LogP contribution in [0.2, 0.25) is 5.02 Å². The van der Waals surface area contributed by atoms with E-state index in [4.69, 9.17) is 25.8 Å². The van der Waals surface area contributed by atoms with Gasteiger partial charge in [-0.3, -0.25) is 4.79 Å². The molecule has 0 aliphatic carbocycles. The Kier molecular flexibility index (Phi) is 8.93. The number of nitrogens with one attached hydrogen (secondary N) is 1.